The van der Waals surface area contributed by atoms with Gasteiger partial charge < -0.3 is 26.4 Å². The van der Waals surface area contributed by atoms with Gasteiger partial charge >= 0.3 is 0 Å². The lowest BCUT2D eigenvalue weighted by Crippen LogP contribution is -2.40. The minimum Gasteiger partial charge on any atom is -0.397 e. The summed E-state index contributed by atoms with van der Waals surface area (Å²) >= 11 is 0. The topological polar surface area (TPSA) is 143 Å². The number of nitrogens with two attached hydrogens (primary N) is 1. The Kier molecular flexibility index (Phi) is 6.89. The highest BCUT2D eigenvalue weighted by molar-refractivity contribution is 7.89. The monoisotopic (exact) mass is 533 g/mol. The maximum Gasteiger partial charge on any atom is 0.258 e. The Labute approximate surface area is 220 Å². The van der Waals surface area contributed by atoms with Crippen molar-refractivity contribution in [2.75, 3.05) is 48.0 Å². The summed E-state index contributed by atoms with van der Waals surface area (Å²) in [7, 11) is -3.72. The molecular formula is C27H27N5O5S. The van der Waals surface area contributed by atoms with Crippen molar-refractivity contribution in [1.29, 1.82) is 0 Å². The van der Waals surface area contributed by atoms with Crippen molar-refractivity contribution in [3.8, 4) is 0 Å². The zero-order valence-electron chi connectivity index (χ0n) is 20.7. The van der Waals surface area contributed by atoms with Crippen LogP contribution in [0.4, 0.5) is 22.7 Å². The molecule has 5 N–H and O–H groups in total. The molecule has 2 aliphatic rings. The number of sulfonamides is 1. The zero-order chi connectivity index (χ0) is 26.9. The fourth-order valence-corrected chi connectivity index (χ4v) is 5.84. The van der Waals surface area contributed by atoms with Gasteiger partial charge in [0.05, 0.1) is 35.1 Å². The van der Waals surface area contributed by atoms with Crippen LogP contribution in [-0.2, 0) is 19.6 Å². The standard InChI is InChI=1S/C27H27N5O5S/c1-17(29-19-8-6-18(7-9-19)26(33)31-24-5-3-2-4-22(24)28)25-21-16-20(10-11-23(21)30-27(25)34)38(35,36)32-12-14-37-15-13-32/h2-11,16,29H,12-15,28H2,1H3,(H,30,34)(H,31,33)/b25-17-. The number of nitrogens with zero attached hydrogens (tertiary/aromatic N) is 1. The lowest BCUT2D eigenvalue weighted by molar-refractivity contribution is -0.110. The first kappa shape index (κ1) is 25.5. The number of benzene rings is 3. The van der Waals surface area contributed by atoms with Crippen molar-refractivity contribution < 1.29 is 22.7 Å². The molecule has 196 valence electrons. The number of hydrogen-bond donors (Lipinski definition) is 4. The van der Waals surface area contributed by atoms with E-state index in [1.807, 2.05) is 0 Å². The molecule has 1 fully saturated rings. The van der Waals surface area contributed by atoms with Gasteiger partial charge in [-0.15, -0.1) is 0 Å². The molecule has 0 bridgehead atoms. The lowest BCUT2D eigenvalue weighted by Gasteiger charge is -2.26. The predicted octanol–water partition coefficient (Wildman–Crippen LogP) is 3.34. The summed E-state index contributed by atoms with van der Waals surface area (Å²) in [6.45, 7) is 3.00. The van der Waals surface area contributed by atoms with Crippen molar-refractivity contribution in [2.45, 2.75) is 11.8 Å². The Morgan fingerprint density at radius 1 is 1.00 bits per heavy atom. The summed E-state index contributed by atoms with van der Waals surface area (Å²) < 4.78 is 33.0. The Hall–Kier alpha value is -4.19. The number of amides is 2. The van der Waals surface area contributed by atoms with Crippen LogP contribution in [0.15, 0.2) is 77.3 Å². The van der Waals surface area contributed by atoms with Crippen LogP contribution in [-0.4, -0.2) is 50.8 Å². The smallest absolute Gasteiger partial charge is 0.258 e. The first-order valence-corrected chi connectivity index (χ1v) is 13.5. The van der Waals surface area contributed by atoms with Crippen LogP contribution < -0.4 is 21.7 Å². The van der Waals surface area contributed by atoms with Gasteiger partial charge in [-0.1, -0.05) is 12.1 Å². The van der Waals surface area contributed by atoms with Crippen LogP contribution >= 0.6 is 0 Å². The van der Waals surface area contributed by atoms with E-state index in [9.17, 15) is 18.0 Å². The van der Waals surface area contributed by atoms with Gasteiger partial charge in [0.15, 0.2) is 0 Å². The number of allylic oxidation sites excluding steroid dienone is 1. The number of hydrogen-bond acceptors (Lipinski definition) is 7. The van der Waals surface area contributed by atoms with E-state index in [0.717, 1.165) is 0 Å². The third-order valence-corrected chi connectivity index (χ3v) is 8.30. The second-order valence-corrected chi connectivity index (χ2v) is 10.9. The molecule has 38 heavy (non-hydrogen) atoms. The van der Waals surface area contributed by atoms with Gasteiger partial charge in [-0.2, -0.15) is 4.31 Å². The Bertz CT molecular complexity index is 1540. The first-order valence-electron chi connectivity index (χ1n) is 12.0. The minimum absolute atomic E-state index is 0.120. The van der Waals surface area contributed by atoms with Crippen LogP contribution in [0.1, 0.15) is 22.8 Å². The molecule has 0 atom stereocenters. The number of rotatable bonds is 6. The van der Waals surface area contributed by atoms with Gasteiger partial charge in [0.2, 0.25) is 10.0 Å². The third kappa shape index (κ3) is 4.99. The molecule has 2 heterocycles. The predicted molar refractivity (Wildman–Crippen MR) is 146 cm³/mol. The highest BCUT2D eigenvalue weighted by Gasteiger charge is 2.31. The van der Waals surface area contributed by atoms with Gasteiger partial charge in [-0.3, -0.25) is 9.59 Å². The quantitative estimate of drug-likeness (QED) is 0.281. The minimum atomic E-state index is -3.72. The molecule has 2 aliphatic heterocycles. The van der Waals surface area contributed by atoms with E-state index in [2.05, 4.69) is 16.0 Å². The number of ether oxygens (including phenoxy) is 1. The van der Waals surface area contributed by atoms with Crippen LogP contribution in [0.3, 0.4) is 0 Å². The zero-order valence-corrected chi connectivity index (χ0v) is 21.5. The van der Waals surface area contributed by atoms with Crippen molar-refractivity contribution in [1.82, 2.24) is 4.31 Å². The number of carbonyl (C=O) groups is 2. The second-order valence-electron chi connectivity index (χ2n) is 8.92. The Balaban J connectivity index is 1.36. The van der Waals surface area contributed by atoms with Crippen molar-refractivity contribution in [2.24, 2.45) is 0 Å². The van der Waals surface area contributed by atoms with Crippen LogP contribution in [0, 0.1) is 0 Å². The van der Waals surface area contributed by atoms with E-state index in [4.69, 9.17) is 10.5 Å². The van der Waals surface area contributed by atoms with Gasteiger partial charge in [-0.05, 0) is 61.5 Å². The van der Waals surface area contributed by atoms with E-state index >= 15 is 0 Å². The molecule has 5 rings (SSSR count). The summed E-state index contributed by atoms with van der Waals surface area (Å²) in [5.41, 5.74) is 9.92. The summed E-state index contributed by atoms with van der Waals surface area (Å²) in [4.78, 5) is 25.5. The number of nitrogen functional groups attached to an aromatic ring is 1. The lowest BCUT2D eigenvalue weighted by atomic mass is 10.1. The third-order valence-electron chi connectivity index (χ3n) is 6.41. The molecule has 0 radical (unpaired) electrons. The number of anilines is 4. The number of morpholine rings is 1. The molecule has 0 spiro atoms. The largest absolute Gasteiger partial charge is 0.397 e. The molecule has 10 nitrogen and oxygen atoms in total. The van der Waals surface area contributed by atoms with Gasteiger partial charge in [0.1, 0.15) is 0 Å². The van der Waals surface area contributed by atoms with Crippen molar-refractivity contribution in [3.63, 3.8) is 0 Å². The number of para-hydroxylation sites is 2. The SMILES string of the molecule is C/C(Nc1ccc(C(=O)Nc2ccccc2N)cc1)=C1/C(=O)Nc2ccc(S(=O)(=O)N3CCOCC3)cc21. The summed E-state index contributed by atoms with van der Waals surface area (Å²) in [5.74, 6) is -0.634. The molecule has 0 unspecified atom stereocenters. The van der Waals surface area contributed by atoms with E-state index < -0.39 is 10.0 Å². The first-order chi connectivity index (χ1) is 18.2. The fourth-order valence-electron chi connectivity index (χ4n) is 4.40. The number of fused-ring (bicyclic) bond motifs is 1. The average molecular weight is 534 g/mol. The van der Waals surface area contributed by atoms with Gasteiger partial charge in [0, 0.05) is 41.3 Å². The molecule has 0 saturated carbocycles. The molecule has 0 aromatic heterocycles. The molecular weight excluding hydrogens is 506 g/mol. The van der Waals surface area contributed by atoms with E-state index in [-0.39, 0.29) is 29.8 Å². The average Bonchev–Trinajstić information content (AvgIpc) is 3.26. The molecule has 0 aliphatic carbocycles. The highest BCUT2D eigenvalue weighted by atomic mass is 32.2. The van der Waals surface area contributed by atoms with Crippen molar-refractivity contribution >= 4 is 50.2 Å². The second kappa shape index (κ2) is 10.3. The highest BCUT2D eigenvalue weighted by Crippen LogP contribution is 2.36. The normalized spacial score (nSPS) is 16.9. The summed E-state index contributed by atoms with van der Waals surface area (Å²) in [5, 5.41) is 8.77. The Morgan fingerprint density at radius 2 is 1.71 bits per heavy atom. The van der Waals surface area contributed by atoms with Gasteiger partial charge in [-0.25, -0.2) is 8.42 Å². The molecule has 2 amide bonds. The summed E-state index contributed by atoms with van der Waals surface area (Å²) in [6, 6.07) is 18.4. The van der Waals surface area contributed by atoms with E-state index in [1.54, 1.807) is 61.5 Å². The van der Waals surface area contributed by atoms with Crippen LogP contribution in [0.2, 0.25) is 0 Å². The molecule has 3 aromatic rings. The maximum absolute atomic E-state index is 13.2. The van der Waals surface area contributed by atoms with E-state index in [0.29, 0.717) is 58.4 Å². The van der Waals surface area contributed by atoms with Crippen LogP contribution in [0.25, 0.3) is 5.57 Å². The fraction of sp³-hybridized carbons (Fsp3) is 0.185. The number of nitrogens with one attached hydrogen (secondary N) is 3. The Morgan fingerprint density at radius 3 is 2.42 bits per heavy atom. The molecule has 11 heteroatoms. The molecule has 1 saturated heterocycles. The number of carbonyl (C=O) groups excluding carboxylic acids is 2. The molecule has 3 aromatic carbocycles. The van der Waals surface area contributed by atoms with E-state index in [1.165, 1.54) is 16.4 Å². The van der Waals surface area contributed by atoms with Crippen LogP contribution in [0.5, 0.6) is 0 Å². The van der Waals surface area contributed by atoms with Crippen molar-refractivity contribution in [3.05, 3.63) is 83.6 Å². The maximum atomic E-state index is 13.2. The summed E-state index contributed by atoms with van der Waals surface area (Å²) in [6.07, 6.45) is 0. The van der Waals surface area contributed by atoms with Gasteiger partial charge in [0.25, 0.3) is 11.8 Å².